The summed E-state index contributed by atoms with van der Waals surface area (Å²) in [5.74, 6) is 0. The van der Waals surface area contributed by atoms with Gasteiger partial charge in [-0.25, -0.2) is 4.79 Å². The molecule has 2 N–H and O–H groups in total. The van der Waals surface area contributed by atoms with Gasteiger partial charge in [-0.2, -0.15) is 15.0 Å². The van der Waals surface area contributed by atoms with Crippen molar-refractivity contribution in [1.82, 2.24) is 20.3 Å². The summed E-state index contributed by atoms with van der Waals surface area (Å²) in [4.78, 5) is 13.5. The average molecular weight is 315 g/mol. The van der Waals surface area contributed by atoms with E-state index in [0.717, 1.165) is 37.2 Å². The maximum absolute atomic E-state index is 12.0. The average Bonchev–Trinajstić information content (AvgIpc) is 3.12. The number of anilines is 1. The lowest BCUT2D eigenvalue weighted by Crippen LogP contribution is -2.34. The van der Waals surface area contributed by atoms with E-state index in [1.165, 1.54) is 4.80 Å². The van der Waals surface area contributed by atoms with Gasteiger partial charge < -0.3 is 15.4 Å². The first-order valence-electron chi connectivity index (χ1n) is 7.71. The molecule has 23 heavy (non-hydrogen) atoms. The number of benzene rings is 1. The third kappa shape index (κ3) is 4.07. The molecular weight excluding hydrogens is 294 g/mol. The predicted molar refractivity (Wildman–Crippen MR) is 86.5 cm³/mol. The molecule has 7 nitrogen and oxygen atoms in total. The number of carbonyl (C=O) groups is 1. The van der Waals surface area contributed by atoms with E-state index in [0.29, 0.717) is 6.54 Å². The number of urea groups is 1. The Kier molecular flexibility index (Phi) is 4.57. The van der Waals surface area contributed by atoms with Crippen molar-refractivity contribution in [3.8, 4) is 5.69 Å². The molecule has 2 amide bonds. The fourth-order valence-electron chi connectivity index (χ4n) is 2.48. The monoisotopic (exact) mass is 315 g/mol. The van der Waals surface area contributed by atoms with Gasteiger partial charge in [-0.1, -0.05) is 0 Å². The molecule has 1 heterocycles. The van der Waals surface area contributed by atoms with Crippen LogP contribution in [0.1, 0.15) is 19.3 Å². The van der Waals surface area contributed by atoms with Crippen molar-refractivity contribution in [1.29, 1.82) is 0 Å². The molecule has 1 aromatic carbocycles. The topological polar surface area (TPSA) is 81.1 Å². The highest BCUT2D eigenvalue weighted by Gasteiger charge is 2.42. The van der Waals surface area contributed by atoms with Crippen LogP contribution in [0.25, 0.3) is 5.69 Å². The van der Waals surface area contributed by atoms with Gasteiger partial charge in [0.05, 0.1) is 18.1 Å². The molecule has 1 fully saturated rings. The van der Waals surface area contributed by atoms with Crippen LogP contribution in [-0.4, -0.2) is 41.3 Å². The largest absolute Gasteiger partial charge is 0.385 e. The maximum atomic E-state index is 12.0. The highest BCUT2D eigenvalue weighted by Crippen LogP contribution is 2.48. The molecule has 1 saturated carbocycles. The fourth-order valence-corrected chi connectivity index (χ4v) is 2.48. The number of amides is 2. The number of hydrogen-bond donors (Lipinski definition) is 2. The molecule has 2 aromatic rings. The van der Waals surface area contributed by atoms with Gasteiger partial charge in [0, 0.05) is 25.9 Å². The van der Waals surface area contributed by atoms with Gasteiger partial charge in [-0.15, -0.1) is 0 Å². The summed E-state index contributed by atoms with van der Waals surface area (Å²) in [5, 5.41) is 13.9. The van der Waals surface area contributed by atoms with Gasteiger partial charge in [0.25, 0.3) is 0 Å². The second-order valence-corrected chi connectivity index (χ2v) is 5.92. The lowest BCUT2D eigenvalue weighted by Gasteiger charge is -2.16. The summed E-state index contributed by atoms with van der Waals surface area (Å²) in [5.41, 5.74) is 1.82. The highest BCUT2D eigenvalue weighted by atomic mass is 16.5. The van der Waals surface area contributed by atoms with Gasteiger partial charge in [-0.05, 0) is 48.9 Å². The Balaban J connectivity index is 1.48. The molecule has 7 heteroatoms. The van der Waals surface area contributed by atoms with Crippen LogP contribution in [0.4, 0.5) is 10.5 Å². The van der Waals surface area contributed by atoms with E-state index in [9.17, 15) is 4.79 Å². The zero-order valence-corrected chi connectivity index (χ0v) is 13.2. The van der Waals surface area contributed by atoms with Crippen LogP contribution in [0.2, 0.25) is 0 Å². The number of rotatable bonds is 7. The Morgan fingerprint density at radius 1 is 1.26 bits per heavy atom. The van der Waals surface area contributed by atoms with Crippen molar-refractivity contribution in [2.75, 3.05) is 25.6 Å². The smallest absolute Gasteiger partial charge is 0.319 e. The van der Waals surface area contributed by atoms with Gasteiger partial charge in [0.1, 0.15) is 0 Å². The number of nitrogens with zero attached hydrogens (tertiary/aromatic N) is 3. The molecule has 3 rings (SSSR count). The number of hydrogen-bond acceptors (Lipinski definition) is 4. The van der Waals surface area contributed by atoms with E-state index in [-0.39, 0.29) is 11.4 Å². The number of ether oxygens (including phenoxy) is 1. The maximum Gasteiger partial charge on any atom is 0.319 e. The van der Waals surface area contributed by atoms with Gasteiger partial charge in [0.15, 0.2) is 0 Å². The second-order valence-electron chi connectivity index (χ2n) is 5.92. The first-order chi connectivity index (χ1) is 11.2. The van der Waals surface area contributed by atoms with Gasteiger partial charge >= 0.3 is 6.03 Å². The standard InChI is InChI=1S/C16H21N5O2/c1-23-11-8-16(6-7-16)12-17-15(22)20-13-2-4-14(5-3-13)21-18-9-10-19-21/h2-5,9-10H,6-8,11-12H2,1H3,(H2,17,20,22). The first kappa shape index (κ1) is 15.5. The summed E-state index contributed by atoms with van der Waals surface area (Å²) in [6.45, 7) is 1.43. The summed E-state index contributed by atoms with van der Waals surface area (Å²) >= 11 is 0. The quantitative estimate of drug-likeness (QED) is 0.821. The minimum absolute atomic E-state index is 0.182. The van der Waals surface area contributed by atoms with E-state index < -0.39 is 0 Å². The zero-order valence-electron chi connectivity index (χ0n) is 13.2. The Hall–Kier alpha value is -2.41. The van der Waals surface area contributed by atoms with Crippen molar-refractivity contribution in [3.05, 3.63) is 36.7 Å². The lowest BCUT2D eigenvalue weighted by molar-refractivity contribution is 0.171. The summed E-state index contributed by atoms with van der Waals surface area (Å²) in [7, 11) is 1.71. The SMILES string of the molecule is COCCC1(CNC(=O)Nc2ccc(-n3nccn3)cc2)CC1. The van der Waals surface area contributed by atoms with Crippen molar-refractivity contribution >= 4 is 11.7 Å². The second kappa shape index (κ2) is 6.78. The number of carbonyl (C=O) groups excluding carboxylic acids is 1. The van der Waals surface area contributed by atoms with Crippen LogP contribution in [-0.2, 0) is 4.74 Å². The summed E-state index contributed by atoms with van der Waals surface area (Å²) < 4.78 is 5.12. The van der Waals surface area contributed by atoms with Crippen molar-refractivity contribution in [3.63, 3.8) is 0 Å². The van der Waals surface area contributed by atoms with E-state index in [1.54, 1.807) is 19.5 Å². The number of methoxy groups -OCH3 is 1. The van der Waals surface area contributed by atoms with Crippen LogP contribution in [0.3, 0.4) is 0 Å². The molecular formula is C16H21N5O2. The van der Waals surface area contributed by atoms with Crippen LogP contribution in [0.5, 0.6) is 0 Å². The van der Waals surface area contributed by atoms with Crippen LogP contribution >= 0.6 is 0 Å². The molecule has 0 atom stereocenters. The number of nitrogens with one attached hydrogen (secondary N) is 2. The highest BCUT2D eigenvalue weighted by molar-refractivity contribution is 5.89. The molecule has 0 aliphatic heterocycles. The van der Waals surface area contributed by atoms with Crippen LogP contribution in [0.15, 0.2) is 36.7 Å². The Bertz CT molecular complexity index is 635. The summed E-state index contributed by atoms with van der Waals surface area (Å²) in [6.07, 6.45) is 6.55. The first-order valence-corrected chi connectivity index (χ1v) is 7.71. The van der Waals surface area contributed by atoms with E-state index in [2.05, 4.69) is 20.8 Å². The lowest BCUT2D eigenvalue weighted by atomic mass is 10.0. The molecule has 0 spiro atoms. The van der Waals surface area contributed by atoms with Gasteiger partial charge in [-0.3, -0.25) is 0 Å². The predicted octanol–water partition coefficient (Wildman–Crippen LogP) is 2.21. The Morgan fingerprint density at radius 2 is 1.96 bits per heavy atom. The molecule has 0 unspecified atom stereocenters. The normalized spacial score (nSPS) is 15.2. The molecule has 0 saturated heterocycles. The molecule has 122 valence electrons. The third-order valence-corrected chi connectivity index (χ3v) is 4.19. The number of aromatic nitrogens is 3. The van der Waals surface area contributed by atoms with Gasteiger partial charge in [0.2, 0.25) is 0 Å². The van der Waals surface area contributed by atoms with Crippen LogP contribution < -0.4 is 10.6 Å². The van der Waals surface area contributed by atoms with Crippen molar-refractivity contribution in [2.45, 2.75) is 19.3 Å². The Morgan fingerprint density at radius 3 is 2.57 bits per heavy atom. The Labute approximate surface area is 135 Å². The molecule has 1 aliphatic carbocycles. The molecule has 0 bridgehead atoms. The fraction of sp³-hybridized carbons (Fsp3) is 0.438. The zero-order chi connectivity index (χ0) is 16.1. The van der Waals surface area contributed by atoms with Crippen LogP contribution in [0, 0.1) is 5.41 Å². The minimum Gasteiger partial charge on any atom is -0.385 e. The van der Waals surface area contributed by atoms with E-state index in [1.807, 2.05) is 24.3 Å². The molecule has 1 aliphatic rings. The molecule has 1 aromatic heterocycles. The third-order valence-electron chi connectivity index (χ3n) is 4.19. The van der Waals surface area contributed by atoms with E-state index in [4.69, 9.17) is 4.74 Å². The van der Waals surface area contributed by atoms with Crippen molar-refractivity contribution in [2.24, 2.45) is 5.41 Å². The van der Waals surface area contributed by atoms with E-state index >= 15 is 0 Å². The van der Waals surface area contributed by atoms with Crippen molar-refractivity contribution < 1.29 is 9.53 Å². The molecule has 0 radical (unpaired) electrons. The summed E-state index contributed by atoms with van der Waals surface area (Å²) in [6, 6.07) is 7.19. The minimum atomic E-state index is -0.182.